The lowest BCUT2D eigenvalue weighted by atomic mass is 9.96. The Balaban J connectivity index is 1.41. The van der Waals surface area contributed by atoms with Crippen LogP contribution in [0, 0.1) is 19.8 Å². The molecule has 5 nitrogen and oxygen atoms in total. The number of benzene rings is 2. The number of hydrogen-bond donors (Lipinski definition) is 2. The van der Waals surface area contributed by atoms with Crippen LogP contribution >= 0.6 is 0 Å². The number of aromatic hydroxyl groups is 1. The minimum Gasteiger partial charge on any atom is -0.507 e. The average Bonchev–Trinajstić information content (AvgIpc) is 3.27. The molecule has 1 aliphatic rings. The van der Waals surface area contributed by atoms with Gasteiger partial charge >= 0.3 is 5.97 Å². The Labute approximate surface area is 185 Å². The Kier molecular flexibility index (Phi) is 8.21. The first kappa shape index (κ1) is 23.0. The van der Waals surface area contributed by atoms with E-state index < -0.39 is 5.97 Å². The second kappa shape index (κ2) is 11.1. The molecule has 0 heterocycles. The highest BCUT2D eigenvalue weighted by molar-refractivity contribution is 5.88. The molecule has 0 amide bonds. The van der Waals surface area contributed by atoms with Gasteiger partial charge in [-0.3, -0.25) is 0 Å². The van der Waals surface area contributed by atoms with Gasteiger partial charge in [-0.25, -0.2) is 4.79 Å². The molecule has 2 aromatic carbocycles. The Bertz CT molecular complexity index is 884. The number of aryl methyl sites for hydroxylation is 2. The van der Waals surface area contributed by atoms with Crippen molar-refractivity contribution in [1.82, 2.24) is 0 Å². The molecule has 0 spiro atoms. The largest absolute Gasteiger partial charge is 0.507 e. The third-order valence-electron chi connectivity index (χ3n) is 6.25. The molecule has 0 atom stereocenters. The quantitative estimate of drug-likeness (QED) is 0.427. The van der Waals surface area contributed by atoms with Gasteiger partial charge in [-0.1, -0.05) is 37.8 Å². The summed E-state index contributed by atoms with van der Waals surface area (Å²) < 4.78 is 11.6. The number of carboxylic acid groups (broad SMARTS) is 1. The standard InChI is InChI=1S/C26H34O5/c1-18-9-11-22(26(28)29)17-24(18)31-16-6-5-15-30-23-14-13-21(25(27)19(23)2)12-10-20-7-3-4-8-20/h9,11,13-14,17,20,27H,3-8,10,12,15-16H2,1-2H3,(H,28,29). The zero-order chi connectivity index (χ0) is 22.2. The summed E-state index contributed by atoms with van der Waals surface area (Å²) in [6, 6.07) is 8.86. The molecule has 5 heteroatoms. The molecule has 0 unspecified atom stereocenters. The molecule has 0 radical (unpaired) electrons. The van der Waals surface area contributed by atoms with Crippen LogP contribution in [-0.4, -0.2) is 29.4 Å². The minimum atomic E-state index is -0.957. The molecule has 0 aromatic heterocycles. The lowest BCUT2D eigenvalue weighted by Crippen LogP contribution is -2.05. The zero-order valence-corrected chi connectivity index (χ0v) is 18.7. The fourth-order valence-corrected chi connectivity index (χ4v) is 4.21. The maximum atomic E-state index is 11.1. The molecular formula is C26H34O5. The van der Waals surface area contributed by atoms with E-state index in [4.69, 9.17) is 14.6 Å². The summed E-state index contributed by atoms with van der Waals surface area (Å²) in [4.78, 5) is 11.1. The van der Waals surface area contributed by atoms with Gasteiger partial charge in [0.15, 0.2) is 0 Å². The first-order chi connectivity index (χ1) is 15.0. The second-order valence-corrected chi connectivity index (χ2v) is 8.58. The van der Waals surface area contributed by atoms with Crippen LogP contribution in [0.1, 0.15) is 72.0 Å². The SMILES string of the molecule is Cc1ccc(C(=O)O)cc1OCCCCOc1ccc(CCC2CCCC2)c(O)c1C. The molecule has 1 saturated carbocycles. The maximum absolute atomic E-state index is 11.1. The summed E-state index contributed by atoms with van der Waals surface area (Å²) in [7, 11) is 0. The summed E-state index contributed by atoms with van der Waals surface area (Å²) in [6.07, 6.45) is 9.04. The van der Waals surface area contributed by atoms with Gasteiger partial charge in [-0.15, -0.1) is 0 Å². The molecule has 0 aliphatic heterocycles. The molecule has 0 bridgehead atoms. The number of carbonyl (C=O) groups is 1. The number of rotatable bonds is 11. The highest BCUT2D eigenvalue weighted by Crippen LogP contribution is 2.34. The highest BCUT2D eigenvalue weighted by Gasteiger charge is 2.17. The van der Waals surface area contributed by atoms with E-state index in [0.29, 0.717) is 24.7 Å². The van der Waals surface area contributed by atoms with Crippen LogP contribution in [0.15, 0.2) is 30.3 Å². The third-order valence-corrected chi connectivity index (χ3v) is 6.25. The number of hydrogen-bond acceptors (Lipinski definition) is 4. The van der Waals surface area contributed by atoms with Gasteiger partial charge in [-0.05, 0) is 74.8 Å². The zero-order valence-electron chi connectivity index (χ0n) is 18.7. The van der Waals surface area contributed by atoms with Gasteiger partial charge < -0.3 is 19.7 Å². The van der Waals surface area contributed by atoms with Crippen molar-refractivity contribution in [2.45, 2.75) is 65.2 Å². The first-order valence-corrected chi connectivity index (χ1v) is 11.4. The van der Waals surface area contributed by atoms with Crippen LogP contribution in [-0.2, 0) is 6.42 Å². The summed E-state index contributed by atoms with van der Waals surface area (Å²) >= 11 is 0. The van der Waals surface area contributed by atoms with E-state index in [-0.39, 0.29) is 5.56 Å². The van der Waals surface area contributed by atoms with Crippen molar-refractivity contribution in [3.05, 3.63) is 52.6 Å². The minimum absolute atomic E-state index is 0.228. The van der Waals surface area contributed by atoms with Crippen molar-refractivity contribution < 1.29 is 24.5 Å². The van der Waals surface area contributed by atoms with Gasteiger partial charge in [0, 0.05) is 5.56 Å². The Morgan fingerprint density at radius 2 is 1.68 bits per heavy atom. The Hall–Kier alpha value is -2.69. The Morgan fingerprint density at radius 3 is 2.35 bits per heavy atom. The van der Waals surface area contributed by atoms with E-state index >= 15 is 0 Å². The number of ether oxygens (including phenoxy) is 2. The first-order valence-electron chi connectivity index (χ1n) is 11.4. The molecule has 3 rings (SSSR count). The van der Waals surface area contributed by atoms with Gasteiger partial charge in [0.1, 0.15) is 17.2 Å². The van der Waals surface area contributed by atoms with Crippen molar-refractivity contribution in [2.24, 2.45) is 5.92 Å². The molecule has 2 N–H and O–H groups in total. The molecular weight excluding hydrogens is 392 g/mol. The molecule has 31 heavy (non-hydrogen) atoms. The lowest BCUT2D eigenvalue weighted by Gasteiger charge is -2.15. The smallest absolute Gasteiger partial charge is 0.335 e. The summed E-state index contributed by atoms with van der Waals surface area (Å²) in [5.74, 6) is 1.56. The summed E-state index contributed by atoms with van der Waals surface area (Å²) in [5, 5.41) is 19.7. The molecule has 2 aromatic rings. The van der Waals surface area contributed by atoms with Crippen molar-refractivity contribution in [2.75, 3.05) is 13.2 Å². The summed E-state index contributed by atoms with van der Waals surface area (Å²) in [6.45, 7) is 4.85. The molecule has 1 fully saturated rings. The van der Waals surface area contributed by atoms with E-state index in [0.717, 1.165) is 54.0 Å². The fourth-order valence-electron chi connectivity index (χ4n) is 4.21. The lowest BCUT2D eigenvalue weighted by molar-refractivity contribution is 0.0696. The number of phenols is 1. The predicted molar refractivity (Wildman–Crippen MR) is 121 cm³/mol. The fraction of sp³-hybridized carbons (Fsp3) is 0.500. The number of phenolic OH excluding ortho intramolecular Hbond substituents is 1. The van der Waals surface area contributed by atoms with Crippen molar-refractivity contribution >= 4 is 5.97 Å². The van der Waals surface area contributed by atoms with E-state index in [2.05, 4.69) is 0 Å². The topological polar surface area (TPSA) is 76.0 Å². The predicted octanol–water partition coefficient (Wildman–Crippen LogP) is 6.07. The van der Waals surface area contributed by atoms with Crippen LogP contribution in [0.2, 0.25) is 0 Å². The van der Waals surface area contributed by atoms with Crippen LogP contribution in [0.3, 0.4) is 0 Å². The molecule has 0 saturated heterocycles. The van der Waals surface area contributed by atoms with Crippen molar-refractivity contribution in [1.29, 1.82) is 0 Å². The van der Waals surface area contributed by atoms with E-state index in [1.807, 2.05) is 26.0 Å². The summed E-state index contributed by atoms with van der Waals surface area (Å²) in [5.41, 5.74) is 2.97. The number of unbranched alkanes of at least 4 members (excludes halogenated alkanes) is 1. The normalized spacial score (nSPS) is 14.0. The van der Waals surface area contributed by atoms with E-state index in [1.165, 1.54) is 25.7 Å². The van der Waals surface area contributed by atoms with Gasteiger partial charge in [0.2, 0.25) is 0 Å². The van der Waals surface area contributed by atoms with Gasteiger partial charge in [-0.2, -0.15) is 0 Å². The van der Waals surface area contributed by atoms with E-state index in [9.17, 15) is 9.90 Å². The van der Waals surface area contributed by atoms with Gasteiger partial charge in [0.05, 0.1) is 18.8 Å². The number of carboxylic acids is 1. The monoisotopic (exact) mass is 426 g/mol. The molecule has 1 aliphatic carbocycles. The van der Waals surface area contributed by atoms with Crippen molar-refractivity contribution in [3.63, 3.8) is 0 Å². The highest BCUT2D eigenvalue weighted by atomic mass is 16.5. The van der Waals surface area contributed by atoms with Crippen LogP contribution in [0.5, 0.6) is 17.2 Å². The average molecular weight is 427 g/mol. The second-order valence-electron chi connectivity index (χ2n) is 8.58. The van der Waals surface area contributed by atoms with E-state index in [1.54, 1.807) is 18.2 Å². The Morgan fingerprint density at radius 1 is 1.00 bits per heavy atom. The number of aromatic carboxylic acids is 1. The van der Waals surface area contributed by atoms with Crippen molar-refractivity contribution in [3.8, 4) is 17.2 Å². The molecule has 168 valence electrons. The third kappa shape index (κ3) is 6.39. The van der Waals surface area contributed by atoms with Gasteiger partial charge in [0.25, 0.3) is 0 Å². The van der Waals surface area contributed by atoms with Crippen LogP contribution < -0.4 is 9.47 Å². The van der Waals surface area contributed by atoms with Crippen LogP contribution in [0.4, 0.5) is 0 Å². The maximum Gasteiger partial charge on any atom is 0.335 e. The van der Waals surface area contributed by atoms with Crippen LogP contribution in [0.25, 0.3) is 0 Å².